The van der Waals surface area contributed by atoms with Crippen molar-refractivity contribution < 1.29 is 4.79 Å². The Labute approximate surface area is 131 Å². The summed E-state index contributed by atoms with van der Waals surface area (Å²) in [6.45, 7) is 3.61. The monoisotopic (exact) mass is 306 g/mol. The molecule has 0 aromatic carbocycles. The highest BCUT2D eigenvalue weighted by Crippen LogP contribution is 2.37. The third kappa shape index (κ3) is 3.23. The second-order valence-electron chi connectivity index (χ2n) is 6.47. The number of aromatic nitrogens is 1. The van der Waals surface area contributed by atoms with Crippen molar-refractivity contribution in [1.82, 2.24) is 9.88 Å². The van der Waals surface area contributed by atoms with E-state index in [1.807, 2.05) is 17.9 Å². The Morgan fingerprint density at radius 1 is 1.14 bits per heavy atom. The molecule has 4 heteroatoms. The summed E-state index contributed by atoms with van der Waals surface area (Å²) in [4.78, 5) is 18.7. The van der Waals surface area contributed by atoms with Crippen molar-refractivity contribution in [3.05, 3.63) is 28.5 Å². The summed E-state index contributed by atoms with van der Waals surface area (Å²) >= 11 is 6.12. The Balaban J connectivity index is 1.62. The number of aryl methyl sites for hydroxylation is 1. The quantitative estimate of drug-likeness (QED) is 0.771. The topological polar surface area (TPSA) is 33.2 Å². The van der Waals surface area contributed by atoms with E-state index in [0.29, 0.717) is 10.7 Å². The molecule has 2 aliphatic rings. The van der Waals surface area contributed by atoms with E-state index >= 15 is 0 Å². The highest BCUT2D eigenvalue weighted by Gasteiger charge is 2.30. The van der Waals surface area contributed by atoms with Crippen LogP contribution in [0.1, 0.15) is 54.6 Å². The largest absolute Gasteiger partial charge is 0.339 e. The minimum Gasteiger partial charge on any atom is -0.339 e. The molecule has 114 valence electrons. The van der Waals surface area contributed by atoms with Crippen molar-refractivity contribution in [2.45, 2.75) is 45.4 Å². The van der Waals surface area contributed by atoms with E-state index in [4.69, 9.17) is 11.6 Å². The van der Waals surface area contributed by atoms with E-state index in [2.05, 4.69) is 4.98 Å². The summed E-state index contributed by atoms with van der Waals surface area (Å²) in [6.07, 6.45) is 7.88. The predicted octanol–water partition coefficient (Wildman–Crippen LogP) is 4.09. The van der Waals surface area contributed by atoms with Crippen molar-refractivity contribution in [3.8, 4) is 0 Å². The lowest BCUT2D eigenvalue weighted by atomic mass is 9.83. The molecule has 1 saturated carbocycles. The minimum atomic E-state index is 0.0392. The Morgan fingerprint density at radius 2 is 1.76 bits per heavy atom. The van der Waals surface area contributed by atoms with Crippen LogP contribution in [0.4, 0.5) is 0 Å². The van der Waals surface area contributed by atoms with Gasteiger partial charge in [0.15, 0.2) is 0 Å². The summed E-state index contributed by atoms with van der Waals surface area (Å²) in [5.41, 5.74) is 1.39. The van der Waals surface area contributed by atoms with Gasteiger partial charge in [-0.25, -0.2) is 4.98 Å². The van der Waals surface area contributed by atoms with Gasteiger partial charge in [-0.2, -0.15) is 0 Å². The molecule has 1 saturated heterocycles. The number of halogens is 1. The highest BCUT2D eigenvalue weighted by atomic mass is 35.5. The SMILES string of the molecule is Cc1ccc(C(=O)N2CCC(C3CCCC3)CC2)c(Cl)n1. The number of likely N-dealkylation sites (tertiary alicyclic amines) is 1. The van der Waals surface area contributed by atoms with Crippen LogP contribution in [-0.2, 0) is 0 Å². The molecule has 0 radical (unpaired) electrons. The lowest BCUT2D eigenvalue weighted by molar-refractivity contribution is 0.0659. The maximum atomic E-state index is 12.6. The van der Waals surface area contributed by atoms with Crippen LogP contribution in [0.3, 0.4) is 0 Å². The van der Waals surface area contributed by atoms with Gasteiger partial charge < -0.3 is 4.90 Å². The molecule has 2 heterocycles. The first-order valence-corrected chi connectivity index (χ1v) is 8.45. The average molecular weight is 307 g/mol. The van der Waals surface area contributed by atoms with E-state index in [1.54, 1.807) is 6.07 Å². The van der Waals surface area contributed by atoms with Crippen molar-refractivity contribution in [3.63, 3.8) is 0 Å². The van der Waals surface area contributed by atoms with E-state index in [0.717, 1.165) is 43.5 Å². The maximum Gasteiger partial charge on any atom is 0.256 e. The summed E-state index contributed by atoms with van der Waals surface area (Å²) in [5, 5.41) is 0.331. The van der Waals surface area contributed by atoms with Crippen LogP contribution in [0, 0.1) is 18.8 Å². The molecule has 0 spiro atoms. The van der Waals surface area contributed by atoms with Gasteiger partial charge >= 0.3 is 0 Å². The second-order valence-corrected chi connectivity index (χ2v) is 6.82. The van der Waals surface area contributed by atoms with Crippen LogP contribution in [0.25, 0.3) is 0 Å². The summed E-state index contributed by atoms with van der Waals surface area (Å²) in [5.74, 6) is 1.77. The van der Waals surface area contributed by atoms with E-state index < -0.39 is 0 Å². The number of hydrogen-bond donors (Lipinski definition) is 0. The smallest absolute Gasteiger partial charge is 0.256 e. The fourth-order valence-corrected chi connectivity index (χ4v) is 4.13. The van der Waals surface area contributed by atoms with Gasteiger partial charge in [0.05, 0.1) is 5.56 Å². The summed E-state index contributed by atoms with van der Waals surface area (Å²) in [6, 6.07) is 3.65. The van der Waals surface area contributed by atoms with Crippen LogP contribution in [0.5, 0.6) is 0 Å². The number of piperidine rings is 1. The Morgan fingerprint density at radius 3 is 2.38 bits per heavy atom. The third-order valence-electron chi connectivity index (χ3n) is 5.11. The minimum absolute atomic E-state index is 0.0392. The van der Waals surface area contributed by atoms with E-state index in [9.17, 15) is 4.79 Å². The third-order valence-corrected chi connectivity index (χ3v) is 5.40. The summed E-state index contributed by atoms with van der Waals surface area (Å²) < 4.78 is 0. The molecule has 0 bridgehead atoms. The fourth-order valence-electron chi connectivity index (χ4n) is 3.86. The number of pyridine rings is 1. The highest BCUT2D eigenvalue weighted by molar-refractivity contribution is 6.32. The molecule has 1 aromatic rings. The number of nitrogens with zero attached hydrogens (tertiary/aromatic N) is 2. The van der Waals surface area contributed by atoms with Crippen LogP contribution >= 0.6 is 11.6 Å². The first-order valence-electron chi connectivity index (χ1n) is 8.07. The molecular formula is C17H23ClN2O. The zero-order chi connectivity index (χ0) is 14.8. The predicted molar refractivity (Wildman–Crippen MR) is 84.6 cm³/mol. The van der Waals surface area contributed by atoms with Gasteiger partial charge in [-0.15, -0.1) is 0 Å². The van der Waals surface area contributed by atoms with Crippen LogP contribution < -0.4 is 0 Å². The lowest BCUT2D eigenvalue weighted by Gasteiger charge is -2.35. The van der Waals surface area contributed by atoms with Crippen LogP contribution in [-0.4, -0.2) is 28.9 Å². The number of amides is 1. The second kappa shape index (κ2) is 6.35. The Kier molecular flexibility index (Phi) is 4.48. The number of rotatable bonds is 2. The molecule has 1 amide bonds. The van der Waals surface area contributed by atoms with Crippen LogP contribution in [0.15, 0.2) is 12.1 Å². The Hall–Kier alpha value is -1.09. The van der Waals surface area contributed by atoms with Gasteiger partial charge in [0.25, 0.3) is 5.91 Å². The van der Waals surface area contributed by atoms with Gasteiger partial charge in [-0.1, -0.05) is 37.3 Å². The summed E-state index contributed by atoms with van der Waals surface area (Å²) in [7, 11) is 0. The molecule has 3 rings (SSSR count). The normalized spacial score (nSPS) is 21.0. The first kappa shape index (κ1) is 14.8. The number of carbonyl (C=O) groups excluding carboxylic acids is 1. The molecule has 0 N–H and O–H groups in total. The van der Waals surface area contributed by atoms with E-state index in [-0.39, 0.29) is 5.91 Å². The molecule has 2 fully saturated rings. The molecule has 0 unspecified atom stereocenters. The van der Waals surface area contributed by atoms with Crippen molar-refractivity contribution in [1.29, 1.82) is 0 Å². The Bertz CT molecular complexity index is 518. The fraction of sp³-hybridized carbons (Fsp3) is 0.647. The molecule has 1 aliphatic heterocycles. The molecular weight excluding hydrogens is 284 g/mol. The molecule has 0 atom stereocenters. The maximum absolute atomic E-state index is 12.6. The number of hydrogen-bond acceptors (Lipinski definition) is 2. The molecule has 1 aromatic heterocycles. The van der Waals surface area contributed by atoms with Crippen molar-refractivity contribution in [2.75, 3.05) is 13.1 Å². The van der Waals surface area contributed by atoms with Gasteiger partial charge in [0.2, 0.25) is 0 Å². The van der Waals surface area contributed by atoms with Gasteiger partial charge in [-0.3, -0.25) is 4.79 Å². The number of carbonyl (C=O) groups is 1. The first-order chi connectivity index (χ1) is 10.1. The van der Waals surface area contributed by atoms with Crippen LogP contribution in [0.2, 0.25) is 5.15 Å². The van der Waals surface area contributed by atoms with Gasteiger partial charge in [0.1, 0.15) is 5.15 Å². The molecule has 1 aliphatic carbocycles. The van der Waals surface area contributed by atoms with Gasteiger partial charge in [-0.05, 0) is 43.7 Å². The average Bonchev–Trinajstić information content (AvgIpc) is 3.01. The standard InChI is InChI=1S/C17H23ClN2O/c1-12-6-7-15(16(18)19-12)17(21)20-10-8-14(9-11-20)13-4-2-3-5-13/h6-7,13-14H,2-5,8-11H2,1H3. The van der Waals surface area contributed by atoms with Crippen molar-refractivity contribution >= 4 is 17.5 Å². The van der Waals surface area contributed by atoms with E-state index in [1.165, 1.54) is 25.7 Å². The van der Waals surface area contributed by atoms with Gasteiger partial charge in [0, 0.05) is 18.8 Å². The lowest BCUT2D eigenvalue weighted by Crippen LogP contribution is -2.40. The molecule has 21 heavy (non-hydrogen) atoms. The van der Waals surface area contributed by atoms with Crippen molar-refractivity contribution in [2.24, 2.45) is 11.8 Å². The zero-order valence-electron chi connectivity index (χ0n) is 12.6. The molecule has 3 nitrogen and oxygen atoms in total. The zero-order valence-corrected chi connectivity index (χ0v) is 13.4.